The molecule has 104 valence electrons. The summed E-state index contributed by atoms with van der Waals surface area (Å²) < 4.78 is 1.86. The number of carbonyl (C=O) groups is 2. The van der Waals surface area contributed by atoms with Crippen LogP contribution >= 0.6 is 0 Å². The molecule has 1 aromatic rings. The predicted molar refractivity (Wildman–Crippen MR) is 69.3 cm³/mol. The van der Waals surface area contributed by atoms with Crippen LogP contribution in [-0.4, -0.2) is 59.0 Å². The quantitative estimate of drug-likeness (QED) is 0.718. The van der Waals surface area contributed by atoms with Crippen LogP contribution in [0.3, 0.4) is 0 Å². The summed E-state index contributed by atoms with van der Waals surface area (Å²) in [5.74, 6) is -0.119. The lowest BCUT2D eigenvalue weighted by Gasteiger charge is -2.35. The Balaban J connectivity index is 1.93. The first-order valence-corrected chi connectivity index (χ1v) is 6.40. The molecule has 2 heterocycles. The Kier molecular flexibility index (Phi) is 4.51. The van der Waals surface area contributed by atoms with Crippen molar-refractivity contribution in [3.05, 3.63) is 18.7 Å². The summed E-state index contributed by atoms with van der Waals surface area (Å²) in [5, 5.41) is 5.74. The van der Waals surface area contributed by atoms with E-state index in [-0.39, 0.29) is 11.8 Å². The van der Waals surface area contributed by atoms with E-state index in [4.69, 9.17) is 0 Å². The van der Waals surface area contributed by atoms with Gasteiger partial charge in [-0.2, -0.15) is 0 Å². The van der Waals surface area contributed by atoms with Crippen LogP contribution in [0.25, 0.3) is 0 Å². The molecule has 2 amide bonds. The summed E-state index contributed by atoms with van der Waals surface area (Å²) in [6, 6.07) is -0.408. The van der Waals surface area contributed by atoms with Crippen LogP contribution in [0.1, 0.15) is 6.42 Å². The van der Waals surface area contributed by atoms with Gasteiger partial charge in [-0.15, -0.1) is 0 Å². The summed E-state index contributed by atoms with van der Waals surface area (Å²) in [4.78, 5) is 29.6. The normalized spacial score (nSPS) is 19.2. The topological polar surface area (TPSA) is 79.3 Å². The molecule has 0 bridgehead atoms. The van der Waals surface area contributed by atoms with Crippen LogP contribution in [0.4, 0.5) is 0 Å². The van der Waals surface area contributed by atoms with Crippen LogP contribution in [0.2, 0.25) is 0 Å². The lowest BCUT2D eigenvalue weighted by atomic mass is 10.1. The smallest absolute Gasteiger partial charge is 0.243 e. The molecule has 1 saturated heterocycles. The molecule has 2 rings (SSSR count). The van der Waals surface area contributed by atoms with Crippen molar-refractivity contribution in [2.75, 3.05) is 26.7 Å². The molecule has 7 heteroatoms. The monoisotopic (exact) mass is 265 g/mol. The molecule has 1 aromatic heterocycles. The Hall–Kier alpha value is -1.89. The van der Waals surface area contributed by atoms with Gasteiger partial charge in [0.25, 0.3) is 0 Å². The summed E-state index contributed by atoms with van der Waals surface area (Å²) in [5.41, 5.74) is 0. The van der Waals surface area contributed by atoms with Gasteiger partial charge < -0.3 is 20.1 Å². The number of piperazine rings is 1. The fourth-order valence-corrected chi connectivity index (χ4v) is 2.19. The van der Waals surface area contributed by atoms with Crippen LogP contribution in [0.15, 0.2) is 18.7 Å². The van der Waals surface area contributed by atoms with Crippen molar-refractivity contribution < 1.29 is 9.59 Å². The molecule has 0 radical (unpaired) electrons. The molecule has 7 nitrogen and oxygen atoms in total. The van der Waals surface area contributed by atoms with Crippen molar-refractivity contribution in [1.29, 1.82) is 0 Å². The molecule has 1 atom stereocenters. The van der Waals surface area contributed by atoms with Crippen LogP contribution in [-0.2, 0) is 16.1 Å². The summed E-state index contributed by atoms with van der Waals surface area (Å²) >= 11 is 0. The van der Waals surface area contributed by atoms with Gasteiger partial charge in [0, 0.05) is 52.0 Å². The Labute approximate surface area is 112 Å². The van der Waals surface area contributed by atoms with Gasteiger partial charge in [-0.05, 0) is 0 Å². The zero-order valence-corrected chi connectivity index (χ0v) is 11.0. The number of nitrogens with zero attached hydrogens (tertiary/aromatic N) is 3. The van der Waals surface area contributed by atoms with Crippen LogP contribution < -0.4 is 10.6 Å². The maximum Gasteiger partial charge on any atom is 0.243 e. The van der Waals surface area contributed by atoms with Crippen molar-refractivity contribution >= 4 is 11.8 Å². The highest BCUT2D eigenvalue weighted by Crippen LogP contribution is 2.07. The van der Waals surface area contributed by atoms with E-state index in [1.807, 2.05) is 10.8 Å². The molecule has 19 heavy (non-hydrogen) atoms. The predicted octanol–water partition coefficient (Wildman–Crippen LogP) is -1.18. The lowest BCUT2D eigenvalue weighted by molar-refractivity contribution is -0.141. The van der Waals surface area contributed by atoms with Gasteiger partial charge in [0.15, 0.2) is 0 Å². The third-order valence-electron chi connectivity index (χ3n) is 3.26. The number of aromatic nitrogens is 2. The van der Waals surface area contributed by atoms with E-state index in [1.54, 1.807) is 24.5 Å². The molecule has 0 aliphatic carbocycles. The highest BCUT2D eigenvalue weighted by molar-refractivity contribution is 5.88. The zero-order valence-electron chi connectivity index (χ0n) is 11.0. The number of likely N-dealkylation sites (N-methyl/N-ethyl adjacent to an activating group) is 1. The molecule has 0 aromatic carbocycles. The summed E-state index contributed by atoms with van der Waals surface area (Å²) in [6.45, 7) is 2.39. The Bertz CT molecular complexity index is 431. The molecule has 1 fully saturated rings. The average Bonchev–Trinajstić information content (AvgIpc) is 2.97. The standard InChI is InChI=1S/C12H19N5O2/c1-13-12(19)10-8-14-4-7-17(10)11(18)2-5-16-6-3-15-9-16/h3,6,9-10,14H,2,4-5,7-8H2,1H3,(H,13,19). The number of amides is 2. The molecule has 1 unspecified atom stereocenters. The Morgan fingerprint density at radius 3 is 3.05 bits per heavy atom. The maximum atomic E-state index is 12.2. The van der Waals surface area contributed by atoms with Crippen molar-refractivity contribution in [1.82, 2.24) is 25.1 Å². The number of hydrogen-bond acceptors (Lipinski definition) is 4. The highest BCUT2D eigenvalue weighted by Gasteiger charge is 2.30. The third kappa shape index (κ3) is 3.31. The molecular formula is C12H19N5O2. The van der Waals surface area contributed by atoms with Crippen molar-refractivity contribution in [2.45, 2.75) is 19.0 Å². The SMILES string of the molecule is CNC(=O)C1CNCCN1C(=O)CCn1ccnc1. The molecule has 0 saturated carbocycles. The van der Waals surface area contributed by atoms with Gasteiger partial charge in [-0.3, -0.25) is 9.59 Å². The van der Waals surface area contributed by atoms with E-state index >= 15 is 0 Å². The van der Waals surface area contributed by atoms with Crippen molar-refractivity contribution in [3.63, 3.8) is 0 Å². The molecule has 2 N–H and O–H groups in total. The van der Waals surface area contributed by atoms with Gasteiger partial charge in [-0.1, -0.05) is 0 Å². The largest absolute Gasteiger partial charge is 0.357 e. The first-order chi connectivity index (χ1) is 9.22. The van der Waals surface area contributed by atoms with E-state index in [1.165, 1.54) is 0 Å². The number of carbonyl (C=O) groups excluding carboxylic acids is 2. The fraction of sp³-hybridized carbons (Fsp3) is 0.583. The van der Waals surface area contributed by atoms with Crippen LogP contribution in [0, 0.1) is 0 Å². The van der Waals surface area contributed by atoms with E-state index in [2.05, 4.69) is 15.6 Å². The average molecular weight is 265 g/mol. The number of nitrogens with one attached hydrogen (secondary N) is 2. The minimum atomic E-state index is -0.408. The molecule has 0 spiro atoms. The zero-order chi connectivity index (χ0) is 13.7. The maximum absolute atomic E-state index is 12.2. The number of imidazole rings is 1. The van der Waals surface area contributed by atoms with Gasteiger partial charge >= 0.3 is 0 Å². The Morgan fingerprint density at radius 2 is 2.37 bits per heavy atom. The molecule has 1 aliphatic heterocycles. The second kappa shape index (κ2) is 6.33. The van der Waals surface area contributed by atoms with Gasteiger partial charge in [-0.25, -0.2) is 4.98 Å². The lowest BCUT2D eigenvalue weighted by Crippen LogP contribution is -2.59. The van der Waals surface area contributed by atoms with E-state index in [0.717, 1.165) is 6.54 Å². The summed E-state index contributed by atoms with van der Waals surface area (Å²) in [7, 11) is 1.59. The minimum absolute atomic E-state index is 0.00352. The first-order valence-electron chi connectivity index (χ1n) is 6.40. The van der Waals surface area contributed by atoms with E-state index in [9.17, 15) is 9.59 Å². The van der Waals surface area contributed by atoms with E-state index < -0.39 is 6.04 Å². The van der Waals surface area contributed by atoms with E-state index in [0.29, 0.717) is 26.1 Å². The fourth-order valence-electron chi connectivity index (χ4n) is 2.19. The highest BCUT2D eigenvalue weighted by atomic mass is 16.2. The summed E-state index contributed by atoms with van der Waals surface area (Å²) in [6.07, 6.45) is 5.56. The van der Waals surface area contributed by atoms with Crippen LogP contribution in [0.5, 0.6) is 0 Å². The molecule has 1 aliphatic rings. The number of rotatable bonds is 4. The second-order valence-electron chi connectivity index (χ2n) is 4.47. The van der Waals surface area contributed by atoms with Gasteiger partial charge in [0.2, 0.25) is 11.8 Å². The minimum Gasteiger partial charge on any atom is -0.357 e. The first kappa shape index (κ1) is 13.5. The number of hydrogen-bond donors (Lipinski definition) is 2. The van der Waals surface area contributed by atoms with Crippen molar-refractivity contribution in [2.24, 2.45) is 0 Å². The van der Waals surface area contributed by atoms with Gasteiger partial charge in [0.05, 0.1) is 6.33 Å². The van der Waals surface area contributed by atoms with Crippen molar-refractivity contribution in [3.8, 4) is 0 Å². The number of aryl methyl sites for hydroxylation is 1. The van der Waals surface area contributed by atoms with Gasteiger partial charge in [0.1, 0.15) is 6.04 Å². The third-order valence-corrected chi connectivity index (χ3v) is 3.26. The Morgan fingerprint density at radius 1 is 1.53 bits per heavy atom. The second-order valence-corrected chi connectivity index (χ2v) is 4.47. The molecular weight excluding hydrogens is 246 g/mol.